The quantitative estimate of drug-likeness (QED) is 0.766. The minimum absolute atomic E-state index is 0.274. The normalized spacial score (nSPS) is 16.2. The van der Waals surface area contributed by atoms with Crippen LogP contribution < -0.4 is 9.64 Å². The van der Waals surface area contributed by atoms with E-state index in [1.807, 2.05) is 18.7 Å². The van der Waals surface area contributed by atoms with Gasteiger partial charge in [-0.1, -0.05) is 12.0 Å². The van der Waals surface area contributed by atoms with Gasteiger partial charge in [0.2, 0.25) is 15.9 Å². The SMILES string of the molecule is CCOc1ccc(S(=O)(=O)N2CCN(c3nnc(CC)o3)CC2)cc1. The molecule has 0 atom stereocenters. The Labute approximate surface area is 147 Å². The molecule has 3 rings (SSSR count). The van der Waals surface area contributed by atoms with E-state index < -0.39 is 10.0 Å². The minimum atomic E-state index is -3.51. The van der Waals surface area contributed by atoms with Gasteiger partial charge in [-0.3, -0.25) is 0 Å². The van der Waals surface area contributed by atoms with Gasteiger partial charge >= 0.3 is 6.01 Å². The lowest BCUT2D eigenvalue weighted by Crippen LogP contribution is -2.48. The van der Waals surface area contributed by atoms with Crippen molar-refractivity contribution in [1.82, 2.24) is 14.5 Å². The largest absolute Gasteiger partial charge is 0.494 e. The highest BCUT2D eigenvalue weighted by atomic mass is 32.2. The second-order valence-corrected chi connectivity index (χ2v) is 7.57. The van der Waals surface area contributed by atoms with Crippen LogP contribution in [0.1, 0.15) is 19.7 Å². The molecule has 0 aliphatic carbocycles. The molecule has 0 bridgehead atoms. The Balaban J connectivity index is 1.66. The van der Waals surface area contributed by atoms with Crippen LogP contribution in [-0.2, 0) is 16.4 Å². The van der Waals surface area contributed by atoms with Crippen molar-refractivity contribution in [3.8, 4) is 5.75 Å². The van der Waals surface area contributed by atoms with Gasteiger partial charge in [-0.2, -0.15) is 4.31 Å². The topological polar surface area (TPSA) is 88.8 Å². The molecule has 9 heteroatoms. The number of rotatable bonds is 6. The molecular weight excluding hydrogens is 344 g/mol. The Hall–Kier alpha value is -2.13. The molecule has 136 valence electrons. The van der Waals surface area contributed by atoms with E-state index in [2.05, 4.69) is 10.2 Å². The third-order valence-corrected chi connectivity index (χ3v) is 5.95. The number of benzene rings is 1. The van der Waals surface area contributed by atoms with E-state index in [9.17, 15) is 8.42 Å². The molecule has 1 fully saturated rings. The summed E-state index contributed by atoms with van der Waals surface area (Å²) in [7, 11) is -3.51. The second-order valence-electron chi connectivity index (χ2n) is 5.63. The summed E-state index contributed by atoms with van der Waals surface area (Å²) in [6.45, 7) is 6.15. The molecule has 0 saturated carbocycles. The third-order valence-electron chi connectivity index (χ3n) is 4.04. The smallest absolute Gasteiger partial charge is 0.318 e. The van der Waals surface area contributed by atoms with Crippen LogP contribution in [0, 0.1) is 0 Å². The van der Waals surface area contributed by atoms with Crippen LogP contribution in [0.2, 0.25) is 0 Å². The van der Waals surface area contributed by atoms with Gasteiger partial charge in [0, 0.05) is 32.6 Å². The Morgan fingerprint density at radius 1 is 1.08 bits per heavy atom. The van der Waals surface area contributed by atoms with Crippen LogP contribution in [0.25, 0.3) is 0 Å². The second kappa shape index (κ2) is 7.40. The average molecular weight is 366 g/mol. The Bertz CT molecular complexity index is 796. The fourth-order valence-corrected chi connectivity index (χ4v) is 4.08. The van der Waals surface area contributed by atoms with Gasteiger partial charge in [-0.05, 0) is 31.2 Å². The molecule has 0 spiro atoms. The zero-order valence-corrected chi connectivity index (χ0v) is 15.2. The van der Waals surface area contributed by atoms with Crippen LogP contribution in [0.4, 0.5) is 6.01 Å². The zero-order valence-electron chi connectivity index (χ0n) is 14.4. The van der Waals surface area contributed by atoms with Crippen LogP contribution in [0.3, 0.4) is 0 Å². The Morgan fingerprint density at radius 3 is 2.32 bits per heavy atom. The summed E-state index contributed by atoms with van der Waals surface area (Å²) in [4.78, 5) is 2.19. The van der Waals surface area contributed by atoms with Crippen molar-refractivity contribution < 1.29 is 17.6 Å². The van der Waals surface area contributed by atoms with Crippen molar-refractivity contribution in [2.45, 2.75) is 25.2 Å². The summed E-state index contributed by atoms with van der Waals surface area (Å²) in [5, 5.41) is 7.96. The molecular formula is C16H22N4O4S. The molecule has 2 aromatic rings. The predicted molar refractivity (Wildman–Crippen MR) is 92.3 cm³/mol. The fourth-order valence-electron chi connectivity index (χ4n) is 2.66. The van der Waals surface area contributed by atoms with E-state index in [-0.39, 0.29) is 4.90 Å². The lowest BCUT2D eigenvalue weighted by Gasteiger charge is -2.32. The highest BCUT2D eigenvalue weighted by Crippen LogP contribution is 2.22. The molecule has 0 radical (unpaired) electrons. The number of aromatic nitrogens is 2. The predicted octanol–water partition coefficient (Wildman–Crippen LogP) is 1.54. The van der Waals surface area contributed by atoms with Crippen molar-refractivity contribution in [3.63, 3.8) is 0 Å². The van der Waals surface area contributed by atoms with Crippen molar-refractivity contribution in [3.05, 3.63) is 30.2 Å². The average Bonchev–Trinajstić information content (AvgIpc) is 3.12. The number of nitrogens with zero attached hydrogens (tertiary/aromatic N) is 4. The molecule has 8 nitrogen and oxygen atoms in total. The first-order valence-electron chi connectivity index (χ1n) is 8.35. The molecule has 0 N–H and O–H groups in total. The summed E-state index contributed by atoms with van der Waals surface area (Å²) in [6, 6.07) is 6.97. The van der Waals surface area contributed by atoms with E-state index in [0.717, 1.165) is 0 Å². The Morgan fingerprint density at radius 2 is 1.76 bits per heavy atom. The van der Waals surface area contributed by atoms with Crippen molar-refractivity contribution in [2.75, 3.05) is 37.7 Å². The number of sulfonamides is 1. The monoisotopic (exact) mass is 366 g/mol. The van der Waals surface area contributed by atoms with Gasteiger partial charge in [0.15, 0.2) is 0 Å². The summed E-state index contributed by atoms with van der Waals surface area (Å²) in [5.41, 5.74) is 0. The van der Waals surface area contributed by atoms with Crippen LogP contribution in [0.15, 0.2) is 33.6 Å². The van der Waals surface area contributed by atoms with Crippen molar-refractivity contribution in [1.29, 1.82) is 0 Å². The fraction of sp³-hybridized carbons (Fsp3) is 0.500. The molecule has 1 aliphatic rings. The highest BCUT2D eigenvalue weighted by molar-refractivity contribution is 7.89. The first-order valence-corrected chi connectivity index (χ1v) is 9.79. The van der Waals surface area contributed by atoms with E-state index in [4.69, 9.17) is 9.15 Å². The maximum atomic E-state index is 12.8. The number of aryl methyl sites for hydroxylation is 1. The molecule has 1 saturated heterocycles. The number of ether oxygens (including phenoxy) is 1. The maximum absolute atomic E-state index is 12.8. The standard InChI is InChI=1S/C16H22N4O4S/c1-3-15-17-18-16(24-15)19-9-11-20(12-10-19)25(21,22)14-7-5-13(6-8-14)23-4-2/h5-8H,3-4,9-12H2,1-2H3. The highest BCUT2D eigenvalue weighted by Gasteiger charge is 2.30. The van der Waals surface area contributed by atoms with E-state index in [0.29, 0.717) is 56.9 Å². The van der Waals surface area contributed by atoms with Crippen molar-refractivity contribution in [2.24, 2.45) is 0 Å². The maximum Gasteiger partial charge on any atom is 0.318 e. The molecule has 0 unspecified atom stereocenters. The van der Waals surface area contributed by atoms with Gasteiger partial charge in [0.1, 0.15) is 5.75 Å². The molecule has 1 aromatic carbocycles. The molecule has 1 aliphatic heterocycles. The van der Waals surface area contributed by atoms with E-state index >= 15 is 0 Å². The molecule has 2 heterocycles. The van der Waals surface area contributed by atoms with Gasteiger partial charge in [0.05, 0.1) is 11.5 Å². The number of anilines is 1. The first-order chi connectivity index (χ1) is 12.0. The van der Waals surface area contributed by atoms with Gasteiger partial charge < -0.3 is 14.1 Å². The number of hydrogen-bond donors (Lipinski definition) is 0. The summed E-state index contributed by atoms with van der Waals surface area (Å²) >= 11 is 0. The summed E-state index contributed by atoms with van der Waals surface area (Å²) in [5.74, 6) is 1.24. The first kappa shape index (κ1) is 17.7. The third kappa shape index (κ3) is 3.77. The van der Waals surface area contributed by atoms with Gasteiger partial charge in [-0.15, -0.1) is 5.10 Å². The Kier molecular flexibility index (Phi) is 5.24. The van der Waals surface area contributed by atoms with Crippen LogP contribution in [-0.4, -0.2) is 55.7 Å². The summed E-state index contributed by atoms with van der Waals surface area (Å²) < 4.78 is 37.9. The minimum Gasteiger partial charge on any atom is -0.494 e. The van der Waals surface area contributed by atoms with Gasteiger partial charge in [-0.25, -0.2) is 8.42 Å². The zero-order chi connectivity index (χ0) is 17.9. The molecule has 1 aromatic heterocycles. The van der Waals surface area contributed by atoms with E-state index in [1.54, 1.807) is 24.3 Å². The molecule has 0 amide bonds. The van der Waals surface area contributed by atoms with E-state index in [1.165, 1.54) is 4.31 Å². The summed E-state index contributed by atoms with van der Waals surface area (Å²) in [6.07, 6.45) is 0.680. The van der Waals surface area contributed by atoms with Crippen LogP contribution in [0.5, 0.6) is 5.75 Å². The lowest BCUT2D eigenvalue weighted by atomic mass is 10.3. The number of piperazine rings is 1. The lowest BCUT2D eigenvalue weighted by molar-refractivity contribution is 0.340. The van der Waals surface area contributed by atoms with Crippen LogP contribution >= 0.6 is 0 Å². The van der Waals surface area contributed by atoms with Crippen molar-refractivity contribution >= 4 is 16.0 Å². The number of hydrogen-bond acceptors (Lipinski definition) is 7. The molecule has 25 heavy (non-hydrogen) atoms. The van der Waals surface area contributed by atoms with Gasteiger partial charge in [0.25, 0.3) is 0 Å².